The molecule has 0 saturated carbocycles. The third-order valence-electron chi connectivity index (χ3n) is 3.58. The minimum Gasteiger partial charge on any atom is -0.489 e. The highest BCUT2D eigenvalue weighted by Gasteiger charge is 2.51. The van der Waals surface area contributed by atoms with Crippen LogP contribution in [-0.4, -0.2) is 24.3 Å². The predicted octanol–water partition coefficient (Wildman–Crippen LogP) is 4.44. The molecule has 0 aromatic heterocycles. The quantitative estimate of drug-likeness (QED) is 0.359. The Morgan fingerprint density at radius 2 is 1.70 bits per heavy atom. The van der Waals surface area contributed by atoms with Crippen LogP contribution in [-0.2, 0) is 14.1 Å². The number of rotatable bonds is 10. The normalized spacial score (nSPS) is 11.9. The van der Waals surface area contributed by atoms with Crippen molar-refractivity contribution >= 4 is 19.1 Å². The van der Waals surface area contributed by atoms with Crippen molar-refractivity contribution in [3.63, 3.8) is 0 Å². The molecule has 128 valence electrons. The van der Waals surface area contributed by atoms with E-state index in [9.17, 15) is 9.36 Å². The SMILES string of the molecule is CCCCOC(=O)C(C)(C)[P+](=O)c1ccccc1OCCCC. The smallest absolute Gasteiger partial charge is 0.398 e. The van der Waals surface area contributed by atoms with Gasteiger partial charge in [-0.15, -0.1) is 0 Å². The monoisotopic (exact) mass is 339 g/mol. The molecule has 0 heterocycles. The average Bonchev–Trinajstić information content (AvgIpc) is 2.55. The Kier molecular flexibility index (Phi) is 8.25. The summed E-state index contributed by atoms with van der Waals surface area (Å²) < 4.78 is 24.0. The van der Waals surface area contributed by atoms with E-state index in [0.29, 0.717) is 24.3 Å². The van der Waals surface area contributed by atoms with E-state index in [4.69, 9.17) is 9.47 Å². The fraction of sp³-hybridized carbons (Fsp3) is 0.611. The van der Waals surface area contributed by atoms with Crippen LogP contribution < -0.4 is 10.0 Å². The number of hydrogen-bond donors (Lipinski definition) is 0. The van der Waals surface area contributed by atoms with Crippen LogP contribution in [0.3, 0.4) is 0 Å². The van der Waals surface area contributed by atoms with Gasteiger partial charge in [-0.1, -0.05) is 43.4 Å². The Labute approximate surface area is 140 Å². The Morgan fingerprint density at radius 1 is 1.09 bits per heavy atom. The summed E-state index contributed by atoms with van der Waals surface area (Å²) in [5.74, 6) is 0.173. The van der Waals surface area contributed by atoms with Crippen molar-refractivity contribution in [2.75, 3.05) is 13.2 Å². The number of carbonyl (C=O) groups is 1. The molecular formula is C18H28O4P+. The lowest BCUT2D eigenvalue weighted by molar-refractivity contribution is -0.145. The molecule has 0 aliphatic rings. The van der Waals surface area contributed by atoms with Crippen molar-refractivity contribution in [1.82, 2.24) is 0 Å². The van der Waals surface area contributed by atoms with Gasteiger partial charge in [0.25, 0.3) is 5.16 Å². The fourth-order valence-corrected chi connectivity index (χ4v) is 3.34. The van der Waals surface area contributed by atoms with Gasteiger partial charge in [-0.05, 0) is 38.8 Å². The van der Waals surface area contributed by atoms with Gasteiger partial charge in [-0.2, -0.15) is 0 Å². The number of para-hydroxylation sites is 1. The van der Waals surface area contributed by atoms with E-state index >= 15 is 0 Å². The van der Waals surface area contributed by atoms with Crippen molar-refractivity contribution in [1.29, 1.82) is 0 Å². The maximum Gasteiger partial charge on any atom is 0.398 e. The van der Waals surface area contributed by atoms with E-state index in [-0.39, 0.29) is 0 Å². The largest absolute Gasteiger partial charge is 0.489 e. The van der Waals surface area contributed by atoms with E-state index in [1.165, 1.54) is 0 Å². The van der Waals surface area contributed by atoms with Crippen LogP contribution in [0.5, 0.6) is 5.75 Å². The van der Waals surface area contributed by atoms with Crippen LogP contribution in [0.1, 0.15) is 53.4 Å². The zero-order valence-electron chi connectivity index (χ0n) is 14.6. The lowest BCUT2D eigenvalue weighted by Crippen LogP contribution is -2.33. The van der Waals surface area contributed by atoms with E-state index in [2.05, 4.69) is 6.92 Å². The van der Waals surface area contributed by atoms with Crippen LogP contribution in [0.4, 0.5) is 0 Å². The first-order valence-corrected chi connectivity index (χ1v) is 9.57. The van der Waals surface area contributed by atoms with E-state index in [1.54, 1.807) is 26.0 Å². The maximum absolute atomic E-state index is 13.0. The lowest BCUT2D eigenvalue weighted by Gasteiger charge is -2.14. The Balaban J connectivity index is 2.88. The van der Waals surface area contributed by atoms with Gasteiger partial charge < -0.3 is 9.47 Å². The highest BCUT2D eigenvalue weighted by Crippen LogP contribution is 2.41. The van der Waals surface area contributed by atoms with Crippen LogP contribution >= 0.6 is 7.80 Å². The summed E-state index contributed by atoms with van der Waals surface area (Å²) in [6, 6.07) is 7.23. The lowest BCUT2D eigenvalue weighted by atomic mass is 10.2. The zero-order valence-corrected chi connectivity index (χ0v) is 15.5. The molecule has 1 aromatic carbocycles. The Hall–Kier alpha value is -1.41. The molecule has 4 nitrogen and oxygen atoms in total. The highest BCUT2D eigenvalue weighted by atomic mass is 31.1. The van der Waals surface area contributed by atoms with Gasteiger partial charge in [0, 0.05) is 0 Å². The molecule has 1 aromatic rings. The van der Waals surface area contributed by atoms with E-state index in [1.807, 2.05) is 19.1 Å². The molecule has 0 N–H and O–H groups in total. The fourth-order valence-electron chi connectivity index (χ4n) is 1.94. The van der Waals surface area contributed by atoms with Crippen molar-refractivity contribution in [3.8, 4) is 5.75 Å². The first-order chi connectivity index (χ1) is 10.9. The number of hydrogen-bond acceptors (Lipinski definition) is 4. The average molecular weight is 339 g/mol. The summed E-state index contributed by atoms with van der Waals surface area (Å²) in [7, 11) is -1.97. The third-order valence-corrected chi connectivity index (χ3v) is 5.58. The number of carbonyl (C=O) groups excluding carboxylic acids is 1. The summed E-state index contributed by atoms with van der Waals surface area (Å²) in [4.78, 5) is 12.3. The van der Waals surface area contributed by atoms with Crippen molar-refractivity contribution in [3.05, 3.63) is 24.3 Å². The summed E-state index contributed by atoms with van der Waals surface area (Å²) in [5, 5.41) is -0.496. The maximum atomic E-state index is 13.0. The van der Waals surface area contributed by atoms with Crippen molar-refractivity contribution in [2.24, 2.45) is 0 Å². The second-order valence-corrected chi connectivity index (χ2v) is 8.20. The summed E-state index contributed by atoms with van der Waals surface area (Å²) in [6.45, 7) is 8.41. The Bertz CT molecular complexity index is 526. The summed E-state index contributed by atoms with van der Waals surface area (Å²) >= 11 is 0. The molecule has 0 spiro atoms. The number of benzene rings is 1. The van der Waals surface area contributed by atoms with E-state index in [0.717, 1.165) is 25.7 Å². The molecule has 1 unspecified atom stereocenters. The first kappa shape index (κ1) is 19.6. The molecule has 1 rings (SSSR count). The van der Waals surface area contributed by atoms with Gasteiger partial charge >= 0.3 is 13.8 Å². The molecule has 0 amide bonds. The number of ether oxygens (including phenoxy) is 2. The van der Waals surface area contributed by atoms with Crippen LogP contribution in [0.2, 0.25) is 0 Å². The number of esters is 1. The topological polar surface area (TPSA) is 52.6 Å². The van der Waals surface area contributed by atoms with Gasteiger partial charge in [0.15, 0.2) is 5.75 Å². The molecule has 0 aliphatic carbocycles. The third kappa shape index (κ3) is 5.62. The van der Waals surface area contributed by atoms with Crippen LogP contribution in [0.15, 0.2) is 24.3 Å². The second kappa shape index (κ2) is 9.67. The second-order valence-electron chi connectivity index (χ2n) is 6.01. The minimum absolute atomic E-state index is 0.372. The number of unbranched alkanes of at least 4 members (excludes halogenated alkanes) is 2. The van der Waals surface area contributed by atoms with Gasteiger partial charge in [0.2, 0.25) is 5.30 Å². The highest BCUT2D eigenvalue weighted by molar-refractivity contribution is 7.56. The standard InChI is InChI=1S/C18H28O4P/c1-5-7-13-21-15-11-9-10-12-16(15)23(20)18(3,4)17(19)22-14-8-6-2/h9-12H,5-8,13-14H2,1-4H3/q+1. The van der Waals surface area contributed by atoms with Crippen LogP contribution in [0, 0.1) is 0 Å². The van der Waals surface area contributed by atoms with Crippen molar-refractivity contribution in [2.45, 2.75) is 58.5 Å². The summed E-state index contributed by atoms with van der Waals surface area (Å²) in [6.07, 6.45) is 3.74. The van der Waals surface area contributed by atoms with Gasteiger partial charge in [0.05, 0.1) is 13.2 Å². The van der Waals surface area contributed by atoms with Crippen LogP contribution in [0.25, 0.3) is 0 Å². The van der Waals surface area contributed by atoms with Gasteiger partial charge in [0.1, 0.15) is 0 Å². The molecule has 0 fully saturated rings. The van der Waals surface area contributed by atoms with E-state index < -0.39 is 18.9 Å². The minimum atomic E-state index is -1.97. The molecule has 5 heteroatoms. The first-order valence-electron chi connectivity index (χ1n) is 8.31. The molecule has 0 saturated heterocycles. The van der Waals surface area contributed by atoms with Gasteiger partial charge in [-0.25, -0.2) is 4.79 Å². The molecule has 0 bridgehead atoms. The molecule has 1 atom stereocenters. The van der Waals surface area contributed by atoms with Gasteiger partial charge in [-0.3, -0.25) is 0 Å². The zero-order chi connectivity index (χ0) is 17.3. The van der Waals surface area contributed by atoms with Crippen molar-refractivity contribution < 1.29 is 18.8 Å². The molecule has 0 aliphatic heterocycles. The Morgan fingerprint density at radius 3 is 2.35 bits per heavy atom. The predicted molar refractivity (Wildman–Crippen MR) is 94.0 cm³/mol. The molecular weight excluding hydrogens is 311 g/mol. The summed E-state index contributed by atoms with van der Waals surface area (Å²) in [5.41, 5.74) is 0. The molecule has 0 radical (unpaired) electrons. The molecule has 23 heavy (non-hydrogen) atoms.